The summed E-state index contributed by atoms with van der Waals surface area (Å²) in [5.74, 6) is 1.29. The molecule has 0 aromatic heterocycles. The fraction of sp³-hybridized carbons (Fsp3) is 0.571. The Hall–Kier alpha value is -1.56. The van der Waals surface area contributed by atoms with E-state index in [-0.39, 0.29) is 26.6 Å². The van der Waals surface area contributed by atoms with Gasteiger partial charge in [0.15, 0.2) is 0 Å². The Labute approximate surface area is 106 Å². The maximum atomic E-state index is 11.6. The molecule has 0 aliphatic carbocycles. The van der Waals surface area contributed by atoms with Gasteiger partial charge in [0.1, 0.15) is 0 Å². The molecule has 0 aromatic rings. The van der Waals surface area contributed by atoms with E-state index in [2.05, 4.69) is 17.8 Å². The van der Waals surface area contributed by atoms with Crippen LogP contribution in [0.2, 0.25) is 0 Å². The SMILES string of the molecule is C.C.C#CCCC(CC)C(=O)C(=O)NCC=C. The Balaban J connectivity index is -0.000000980. The van der Waals surface area contributed by atoms with Gasteiger partial charge in [-0.2, -0.15) is 0 Å². The van der Waals surface area contributed by atoms with Crippen molar-refractivity contribution in [2.24, 2.45) is 5.92 Å². The van der Waals surface area contributed by atoms with Gasteiger partial charge in [0.2, 0.25) is 5.78 Å². The van der Waals surface area contributed by atoms with E-state index in [1.54, 1.807) is 0 Å². The summed E-state index contributed by atoms with van der Waals surface area (Å²) < 4.78 is 0. The van der Waals surface area contributed by atoms with E-state index in [4.69, 9.17) is 6.42 Å². The zero-order valence-electron chi connectivity index (χ0n) is 9.08. The first-order valence-electron chi connectivity index (χ1n) is 5.03. The number of Topliss-reactive ketones (excluding diaryl/α,β-unsaturated/α-hetero) is 1. The Morgan fingerprint density at radius 1 is 1.47 bits per heavy atom. The number of nitrogens with one attached hydrogen (secondary N) is 1. The molecule has 0 aromatic carbocycles. The number of terminal acetylenes is 1. The van der Waals surface area contributed by atoms with E-state index < -0.39 is 5.91 Å². The number of carbonyl (C=O) groups is 2. The van der Waals surface area contributed by atoms with Crippen molar-refractivity contribution >= 4 is 11.7 Å². The molecule has 0 fully saturated rings. The normalized spacial score (nSPS) is 9.88. The van der Waals surface area contributed by atoms with Crippen molar-refractivity contribution in [3.05, 3.63) is 12.7 Å². The molecule has 0 radical (unpaired) electrons. The minimum Gasteiger partial charge on any atom is -0.346 e. The van der Waals surface area contributed by atoms with Crippen LogP contribution in [0.1, 0.15) is 41.0 Å². The third kappa shape index (κ3) is 8.27. The first-order chi connectivity index (χ1) is 7.17. The predicted octanol–water partition coefficient (Wildman–Crippen LogP) is 2.57. The molecular weight excluding hydrogens is 214 g/mol. The van der Waals surface area contributed by atoms with Crippen molar-refractivity contribution in [1.82, 2.24) is 5.32 Å². The molecule has 98 valence electrons. The van der Waals surface area contributed by atoms with Crippen LogP contribution in [-0.4, -0.2) is 18.2 Å². The van der Waals surface area contributed by atoms with Gasteiger partial charge < -0.3 is 5.32 Å². The van der Waals surface area contributed by atoms with Crippen molar-refractivity contribution in [3.8, 4) is 12.3 Å². The average molecular weight is 239 g/mol. The second kappa shape index (κ2) is 12.5. The zero-order chi connectivity index (χ0) is 11.7. The van der Waals surface area contributed by atoms with Gasteiger partial charge in [-0.05, 0) is 12.8 Å². The lowest BCUT2D eigenvalue weighted by molar-refractivity contribution is -0.140. The highest BCUT2D eigenvalue weighted by molar-refractivity contribution is 6.36. The van der Waals surface area contributed by atoms with E-state index in [1.165, 1.54) is 6.08 Å². The van der Waals surface area contributed by atoms with Crippen molar-refractivity contribution < 1.29 is 9.59 Å². The van der Waals surface area contributed by atoms with Crippen molar-refractivity contribution in [1.29, 1.82) is 0 Å². The molecule has 17 heavy (non-hydrogen) atoms. The molecule has 0 aliphatic heterocycles. The van der Waals surface area contributed by atoms with Crippen molar-refractivity contribution in [2.75, 3.05) is 6.54 Å². The smallest absolute Gasteiger partial charge is 0.287 e. The predicted molar refractivity (Wildman–Crippen MR) is 73.5 cm³/mol. The van der Waals surface area contributed by atoms with E-state index >= 15 is 0 Å². The number of ketones is 1. The Kier molecular flexibility index (Phi) is 15.3. The van der Waals surface area contributed by atoms with Crippen LogP contribution in [0.15, 0.2) is 12.7 Å². The molecule has 0 heterocycles. The highest BCUT2D eigenvalue weighted by Crippen LogP contribution is 2.11. The molecule has 3 nitrogen and oxygen atoms in total. The molecule has 1 atom stereocenters. The van der Waals surface area contributed by atoms with Crippen LogP contribution in [-0.2, 0) is 9.59 Å². The van der Waals surface area contributed by atoms with E-state index in [1.807, 2.05) is 6.92 Å². The minimum atomic E-state index is -0.543. The zero-order valence-corrected chi connectivity index (χ0v) is 9.08. The van der Waals surface area contributed by atoms with Crippen LogP contribution in [0.5, 0.6) is 0 Å². The topological polar surface area (TPSA) is 46.2 Å². The molecule has 1 unspecified atom stereocenters. The number of carbonyl (C=O) groups excluding carboxylic acids is 2. The number of hydrogen-bond acceptors (Lipinski definition) is 2. The third-order valence-corrected chi connectivity index (χ3v) is 2.13. The average Bonchev–Trinajstić information content (AvgIpc) is 2.26. The van der Waals surface area contributed by atoms with Gasteiger partial charge in [-0.3, -0.25) is 9.59 Å². The number of rotatable bonds is 7. The second-order valence-corrected chi connectivity index (χ2v) is 3.21. The highest BCUT2D eigenvalue weighted by Gasteiger charge is 2.22. The number of amides is 1. The minimum absolute atomic E-state index is 0. The molecule has 0 aliphatic rings. The molecule has 1 N–H and O–H groups in total. The summed E-state index contributed by atoms with van der Waals surface area (Å²) in [5, 5.41) is 2.47. The fourth-order valence-corrected chi connectivity index (χ4v) is 1.22. The fourth-order valence-electron chi connectivity index (χ4n) is 1.22. The molecule has 0 saturated carbocycles. The lowest BCUT2D eigenvalue weighted by atomic mass is 9.95. The summed E-state index contributed by atoms with van der Waals surface area (Å²) in [6.07, 6.45) is 8.39. The van der Waals surface area contributed by atoms with Gasteiger partial charge >= 0.3 is 0 Å². The van der Waals surface area contributed by atoms with Crippen LogP contribution >= 0.6 is 0 Å². The molecule has 0 spiro atoms. The van der Waals surface area contributed by atoms with E-state index in [0.717, 1.165) is 0 Å². The van der Waals surface area contributed by atoms with Gasteiger partial charge in [-0.25, -0.2) is 0 Å². The first-order valence-corrected chi connectivity index (χ1v) is 5.03. The summed E-state index contributed by atoms with van der Waals surface area (Å²) in [4.78, 5) is 22.9. The maximum Gasteiger partial charge on any atom is 0.287 e. The van der Waals surface area contributed by atoms with Crippen LogP contribution in [0.3, 0.4) is 0 Å². The number of hydrogen-bond donors (Lipinski definition) is 1. The molecule has 0 bridgehead atoms. The molecule has 0 saturated heterocycles. The first kappa shape index (κ1) is 20.8. The second-order valence-electron chi connectivity index (χ2n) is 3.21. The van der Waals surface area contributed by atoms with Gasteiger partial charge in [-0.15, -0.1) is 18.9 Å². The lowest BCUT2D eigenvalue weighted by Gasteiger charge is -2.11. The molecular formula is C14H25NO2. The summed E-state index contributed by atoms with van der Waals surface area (Å²) >= 11 is 0. The Morgan fingerprint density at radius 2 is 2.06 bits per heavy atom. The standard InChI is InChI=1S/C12H17NO2.2CH4/c1-4-7-8-10(6-3)11(14)12(15)13-9-5-2;;/h1,5,10H,2,6-9H2,3H3,(H,13,15);2*1H4. The Bertz CT molecular complexity index is 276. The van der Waals surface area contributed by atoms with Gasteiger partial charge in [0, 0.05) is 18.9 Å². The van der Waals surface area contributed by atoms with Crippen LogP contribution < -0.4 is 5.32 Å². The van der Waals surface area contributed by atoms with Crippen LogP contribution in [0, 0.1) is 18.3 Å². The van der Waals surface area contributed by atoms with Gasteiger partial charge in [-0.1, -0.05) is 27.9 Å². The van der Waals surface area contributed by atoms with Crippen LogP contribution in [0.4, 0.5) is 0 Å². The summed E-state index contributed by atoms with van der Waals surface area (Å²) in [6.45, 7) is 5.64. The van der Waals surface area contributed by atoms with E-state index in [0.29, 0.717) is 25.8 Å². The van der Waals surface area contributed by atoms with Crippen molar-refractivity contribution in [2.45, 2.75) is 41.0 Å². The quantitative estimate of drug-likeness (QED) is 0.421. The summed E-state index contributed by atoms with van der Waals surface area (Å²) in [6, 6.07) is 0. The third-order valence-electron chi connectivity index (χ3n) is 2.13. The van der Waals surface area contributed by atoms with Gasteiger partial charge in [0.05, 0.1) is 0 Å². The molecule has 0 rings (SSSR count). The summed E-state index contributed by atoms with van der Waals surface area (Å²) in [7, 11) is 0. The molecule has 1 amide bonds. The Morgan fingerprint density at radius 3 is 2.47 bits per heavy atom. The lowest BCUT2D eigenvalue weighted by Crippen LogP contribution is -2.35. The van der Waals surface area contributed by atoms with Crippen molar-refractivity contribution in [3.63, 3.8) is 0 Å². The maximum absolute atomic E-state index is 11.6. The van der Waals surface area contributed by atoms with E-state index in [9.17, 15) is 9.59 Å². The van der Waals surface area contributed by atoms with Crippen LogP contribution in [0.25, 0.3) is 0 Å². The summed E-state index contributed by atoms with van der Waals surface area (Å²) in [5.41, 5.74) is 0. The van der Waals surface area contributed by atoms with Gasteiger partial charge in [0.25, 0.3) is 5.91 Å². The largest absolute Gasteiger partial charge is 0.346 e. The monoisotopic (exact) mass is 239 g/mol. The highest BCUT2D eigenvalue weighted by atomic mass is 16.2. The molecule has 3 heteroatoms.